The molecule has 1 aliphatic rings. The van der Waals surface area contributed by atoms with Gasteiger partial charge in [-0.1, -0.05) is 0 Å². The van der Waals surface area contributed by atoms with Gasteiger partial charge in [-0.25, -0.2) is 13.1 Å². The summed E-state index contributed by atoms with van der Waals surface area (Å²) in [5, 5.41) is 3.30. The molecule has 1 aliphatic heterocycles. The molecule has 1 unspecified atom stereocenters. The van der Waals surface area contributed by atoms with E-state index in [-0.39, 0.29) is 5.09 Å². The topological polar surface area (TPSA) is 71.3 Å². The maximum Gasteiger partial charge on any atom is 0.273 e. The minimum atomic E-state index is -3.50. The predicted octanol–water partition coefficient (Wildman–Crippen LogP) is 1.17. The number of rotatable bonds is 6. The van der Waals surface area contributed by atoms with Crippen molar-refractivity contribution < 1.29 is 12.8 Å². The third-order valence-electron chi connectivity index (χ3n) is 2.78. The number of hydrogen-bond acceptors (Lipinski definition) is 5. The molecule has 7 heteroatoms. The van der Waals surface area contributed by atoms with Gasteiger partial charge in [0.1, 0.15) is 5.76 Å². The maximum absolute atomic E-state index is 12.0. The molecule has 1 fully saturated rings. The van der Waals surface area contributed by atoms with Crippen molar-refractivity contribution in [1.82, 2.24) is 10.0 Å². The third-order valence-corrected chi connectivity index (χ3v) is 5.47. The average molecular weight is 290 g/mol. The monoisotopic (exact) mass is 290 g/mol. The van der Waals surface area contributed by atoms with E-state index in [0.717, 1.165) is 12.2 Å². The van der Waals surface area contributed by atoms with Crippen molar-refractivity contribution in [1.29, 1.82) is 0 Å². The van der Waals surface area contributed by atoms with Crippen LogP contribution in [0, 0.1) is 0 Å². The van der Waals surface area contributed by atoms with Crippen LogP contribution in [-0.4, -0.2) is 33.0 Å². The molecule has 2 N–H and O–H groups in total. The standard InChI is InChI=1S/C11H18N2O3S2/c1-12-7-9-4-5-11(16-9)18(14,15)13-8-10-3-2-6-17-10/h4-5,10,12-13H,2-3,6-8H2,1H3. The molecule has 0 bridgehead atoms. The van der Waals surface area contributed by atoms with Crippen molar-refractivity contribution in [2.24, 2.45) is 0 Å². The molecule has 0 radical (unpaired) electrons. The van der Waals surface area contributed by atoms with E-state index in [2.05, 4.69) is 10.0 Å². The van der Waals surface area contributed by atoms with Crippen LogP contribution in [0.3, 0.4) is 0 Å². The highest BCUT2D eigenvalue weighted by Gasteiger charge is 2.22. The summed E-state index contributed by atoms with van der Waals surface area (Å²) in [7, 11) is -1.72. The first-order valence-electron chi connectivity index (χ1n) is 5.96. The Morgan fingerprint density at radius 2 is 2.33 bits per heavy atom. The summed E-state index contributed by atoms with van der Waals surface area (Å²) in [4.78, 5) is 0. The molecule has 0 saturated carbocycles. The molecule has 18 heavy (non-hydrogen) atoms. The summed E-state index contributed by atoms with van der Waals surface area (Å²) in [6.45, 7) is 1.00. The lowest BCUT2D eigenvalue weighted by Gasteiger charge is -2.09. The Hall–Kier alpha value is -0.500. The van der Waals surface area contributed by atoms with Gasteiger partial charge in [0.15, 0.2) is 0 Å². The Bertz CT molecular complexity index is 478. The van der Waals surface area contributed by atoms with E-state index < -0.39 is 10.0 Å². The molecule has 1 aromatic rings. The fraction of sp³-hybridized carbons (Fsp3) is 0.636. The van der Waals surface area contributed by atoms with Crippen LogP contribution in [-0.2, 0) is 16.6 Å². The first-order valence-corrected chi connectivity index (χ1v) is 8.49. The Morgan fingerprint density at radius 3 is 3.00 bits per heavy atom. The van der Waals surface area contributed by atoms with Crippen molar-refractivity contribution >= 4 is 21.8 Å². The zero-order valence-electron chi connectivity index (χ0n) is 10.3. The highest BCUT2D eigenvalue weighted by Crippen LogP contribution is 2.25. The Balaban J connectivity index is 1.95. The van der Waals surface area contributed by atoms with Crippen LogP contribution in [0.25, 0.3) is 0 Å². The molecular weight excluding hydrogens is 272 g/mol. The van der Waals surface area contributed by atoms with Gasteiger partial charge in [0, 0.05) is 11.8 Å². The minimum Gasteiger partial charge on any atom is -0.447 e. The van der Waals surface area contributed by atoms with Crippen molar-refractivity contribution in [3.05, 3.63) is 17.9 Å². The second-order valence-corrected chi connectivity index (χ2v) is 7.34. The molecule has 2 rings (SSSR count). The number of sulfonamides is 1. The van der Waals surface area contributed by atoms with E-state index >= 15 is 0 Å². The van der Waals surface area contributed by atoms with E-state index in [9.17, 15) is 8.42 Å². The summed E-state index contributed by atoms with van der Waals surface area (Å²) in [5.41, 5.74) is 0. The summed E-state index contributed by atoms with van der Waals surface area (Å²) < 4.78 is 31.8. The lowest BCUT2D eigenvalue weighted by Crippen LogP contribution is -2.29. The van der Waals surface area contributed by atoms with Crippen molar-refractivity contribution in [2.45, 2.75) is 29.7 Å². The lowest BCUT2D eigenvalue weighted by molar-refractivity contribution is 0.404. The molecule has 0 aromatic carbocycles. The largest absolute Gasteiger partial charge is 0.447 e. The zero-order valence-corrected chi connectivity index (χ0v) is 11.9. The van der Waals surface area contributed by atoms with Gasteiger partial charge in [0.2, 0.25) is 5.09 Å². The summed E-state index contributed by atoms with van der Waals surface area (Å²) in [6.07, 6.45) is 2.25. The SMILES string of the molecule is CNCc1ccc(S(=O)(=O)NCC2CCCS2)o1. The molecule has 1 aromatic heterocycles. The Kier molecular flexibility index (Phi) is 4.71. The van der Waals surface area contributed by atoms with E-state index in [4.69, 9.17) is 4.42 Å². The van der Waals surface area contributed by atoms with Gasteiger partial charge in [-0.15, -0.1) is 0 Å². The van der Waals surface area contributed by atoms with E-state index in [1.807, 2.05) is 11.8 Å². The first kappa shape index (κ1) is 13.9. The quantitative estimate of drug-likeness (QED) is 0.823. The van der Waals surface area contributed by atoms with Crippen LogP contribution in [0.15, 0.2) is 21.6 Å². The van der Waals surface area contributed by atoms with Gasteiger partial charge in [0.25, 0.3) is 10.0 Å². The number of hydrogen-bond donors (Lipinski definition) is 2. The molecule has 102 valence electrons. The third kappa shape index (κ3) is 3.50. The van der Waals surface area contributed by atoms with Crippen LogP contribution < -0.4 is 10.0 Å². The van der Waals surface area contributed by atoms with Gasteiger partial charge >= 0.3 is 0 Å². The molecule has 1 atom stereocenters. The van der Waals surface area contributed by atoms with Gasteiger partial charge in [-0.2, -0.15) is 11.8 Å². The Morgan fingerprint density at radius 1 is 1.50 bits per heavy atom. The molecule has 1 saturated heterocycles. The summed E-state index contributed by atoms with van der Waals surface area (Å²) >= 11 is 1.82. The lowest BCUT2D eigenvalue weighted by atomic mass is 10.2. The number of furan rings is 1. The molecular formula is C11H18N2O3S2. The van der Waals surface area contributed by atoms with E-state index in [0.29, 0.717) is 24.1 Å². The number of thioether (sulfide) groups is 1. The average Bonchev–Trinajstić information content (AvgIpc) is 2.98. The molecule has 5 nitrogen and oxygen atoms in total. The van der Waals surface area contributed by atoms with Crippen LogP contribution >= 0.6 is 11.8 Å². The normalized spacial score (nSPS) is 20.4. The molecule has 0 amide bonds. The summed E-state index contributed by atoms with van der Waals surface area (Å²) in [5.74, 6) is 1.74. The van der Waals surface area contributed by atoms with Gasteiger partial charge in [-0.05, 0) is 37.8 Å². The molecule has 0 spiro atoms. The second kappa shape index (κ2) is 6.10. The van der Waals surface area contributed by atoms with E-state index in [1.165, 1.54) is 12.5 Å². The zero-order chi connectivity index (χ0) is 13.0. The Labute approximate surface area is 112 Å². The van der Waals surface area contributed by atoms with Crippen molar-refractivity contribution in [3.63, 3.8) is 0 Å². The number of nitrogens with one attached hydrogen (secondary N) is 2. The van der Waals surface area contributed by atoms with Gasteiger partial charge in [-0.3, -0.25) is 0 Å². The van der Waals surface area contributed by atoms with Gasteiger partial charge < -0.3 is 9.73 Å². The predicted molar refractivity (Wildman–Crippen MR) is 72.1 cm³/mol. The van der Waals surface area contributed by atoms with Crippen molar-refractivity contribution in [3.8, 4) is 0 Å². The fourth-order valence-electron chi connectivity index (χ4n) is 1.85. The highest BCUT2D eigenvalue weighted by molar-refractivity contribution is 8.00. The van der Waals surface area contributed by atoms with Crippen LogP contribution in [0.2, 0.25) is 0 Å². The maximum atomic E-state index is 12.0. The summed E-state index contributed by atoms with van der Waals surface area (Å²) in [6, 6.07) is 3.17. The highest BCUT2D eigenvalue weighted by atomic mass is 32.2. The van der Waals surface area contributed by atoms with Gasteiger partial charge in [0.05, 0.1) is 6.54 Å². The smallest absolute Gasteiger partial charge is 0.273 e. The first-order chi connectivity index (χ1) is 8.62. The van der Waals surface area contributed by atoms with Crippen LogP contribution in [0.4, 0.5) is 0 Å². The van der Waals surface area contributed by atoms with Crippen LogP contribution in [0.1, 0.15) is 18.6 Å². The fourth-order valence-corrected chi connectivity index (χ4v) is 4.18. The van der Waals surface area contributed by atoms with E-state index in [1.54, 1.807) is 13.1 Å². The minimum absolute atomic E-state index is 0.00394. The molecule has 2 heterocycles. The second-order valence-electron chi connectivity index (χ2n) is 4.24. The van der Waals surface area contributed by atoms with Crippen molar-refractivity contribution in [2.75, 3.05) is 19.3 Å². The molecule has 0 aliphatic carbocycles. The van der Waals surface area contributed by atoms with Crippen LogP contribution in [0.5, 0.6) is 0 Å².